The molecular formula is C9H8F3NO. The Morgan fingerprint density at radius 1 is 1.14 bits per heavy atom. The highest BCUT2D eigenvalue weighted by atomic mass is 19.4. The summed E-state index contributed by atoms with van der Waals surface area (Å²) in [5.41, 5.74) is 0.504. The Morgan fingerprint density at radius 3 is 2.36 bits per heavy atom. The van der Waals surface area contributed by atoms with Gasteiger partial charge in [0.2, 0.25) is 0 Å². The molecule has 1 aliphatic rings. The van der Waals surface area contributed by atoms with E-state index in [1.165, 1.54) is 12.1 Å². The Kier molecular flexibility index (Phi) is 2.02. The average molecular weight is 203 g/mol. The highest BCUT2D eigenvalue weighted by molar-refractivity contribution is 5.61. The summed E-state index contributed by atoms with van der Waals surface area (Å²) in [6.45, 7) is 1.58. The summed E-state index contributed by atoms with van der Waals surface area (Å²) < 4.78 is 39.8. The van der Waals surface area contributed by atoms with Crippen molar-refractivity contribution in [2.24, 2.45) is 0 Å². The molecule has 2 rings (SSSR count). The third-order valence-electron chi connectivity index (χ3n) is 1.88. The van der Waals surface area contributed by atoms with Crippen molar-refractivity contribution in [3.63, 3.8) is 0 Å². The minimum Gasteiger partial charge on any atom is -0.404 e. The lowest BCUT2D eigenvalue weighted by molar-refractivity contribution is -0.274. The molecule has 1 saturated heterocycles. The van der Waals surface area contributed by atoms with Crippen molar-refractivity contribution < 1.29 is 17.9 Å². The largest absolute Gasteiger partial charge is 0.573 e. The Hall–Kier alpha value is -1.39. The van der Waals surface area contributed by atoms with E-state index >= 15 is 0 Å². The lowest BCUT2D eigenvalue weighted by Crippen LogP contribution is -2.18. The molecule has 14 heavy (non-hydrogen) atoms. The number of hydrogen-bond acceptors (Lipinski definition) is 2. The first-order valence-corrected chi connectivity index (χ1v) is 4.16. The zero-order valence-corrected chi connectivity index (χ0v) is 7.21. The molecule has 1 aliphatic heterocycles. The number of ether oxygens (including phenoxy) is 1. The zero-order valence-electron chi connectivity index (χ0n) is 7.21. The van der Waals surface area contributed by atoms with Crippen molar-refractivity contribution in [1.29, 1.82) is 0 Å². The summed E-state index contributed by atoms with van der Waals surface area (Å²) in [6.07, 6.45) is -4.62. The molecule has 0 saturated carbocycles. The number of halogens is 3. The molecule has 1 aromatic carbocycles. The summed E-state index contributed by atoms with van der Waals surface area (Å²) in [4.78, 5) is 1.81. The van der Waals surface area contributed by atoms with Gasteiger partial charge in [0.15, 0.2) is 5.75 Å². The van der Waals surface area contributed by atoms with Gasteiger partial charge in [0, 0.05) is 13.1 Å². The Labute approximate surface area is 78.9 Å². The molecule has 0 N–H and O–H groups in total. The van der Waals surface area contributed by atoms with Gasteiger partial charge in [-0.25, -0.2) is 0 Å². The van der Waals surface area contributed by atoms with Crippen LogP contribution in [0.25, 0.3) is 0 Å². The van der Waals surface area contributed by atoms with E-state index in [9.17, 15) is 13.2 Å². The first kappa shape index (κ1) is 9.18. The highest BCUT2D eigenvalue weighted by Crippen LogP contribution is 2.35. The maximum atomic E-state index is 12.0. The number of para-hydroxylation sites is 2. The number of hydrogen-bond donors (Lipinski definition) is 0. The highest BCUT2D eigenvalue weighted by Gasteiger charge is 2.33. The van der Waals surface area contributed by atoms with Crippen LogP contribution < -0.4 is 9.64 Å². The Morgan fingerprint density at radius 2 is 1.79 bits per heavy atom. The van der Waals surface area contributed by atoms with Gasteiger partial charge in [0.1, 0.15) is 0 Å². The molecule has 2 nitrogen and oxygen atoms in total. The van der Waals surface area contributed by atoms with E-state index in [2.05, 4.69) is 4.74 Å². The van der Waals surface area contributed by atoms with Crippen LogP contribution in [0.4, 0.5) is 18.9 Å². The molecule has 0 aromatic heterocycles. The molecule has 0 amide bonds. The minimum atomic E-state index is -4.62. The van der Waals surface area contributed by atoms with Crippen molar-refractivity contribution in [2.45, 2.75) is 6.36 Å². The molecule has 5 heteroatoms. The molecule has 0 unspecified atom stereocenters. The van der Waals surface area contributed by atoms with Crippen LogP contribution in [0, 0.1) is 0 Å². The van der Waals surface area contributed by atoms with Crippen LogP contribution >= 0.6 is 0 Å². The fourth-order valence-corrected chi connectivity index (χ4v) is 1.22. The zero-order chi connectivity index (χ0) is 10.2. The maximum absolute atomic E-state index is 12.0. The van der Waals surface area contributed by atoms with Gasteiger partial charge in [-0.05, 0) is 12.1 Å². The molecule has 1 aromatic rings. The molecular weight excluding hydrogens is 195 g/mol. The molecule has 1 fully saturated rings. The van der Waals surface area contributed by atoms with Crippen LogP contribution in [-0.2, 0) is 0 Å². The van der Waals surface area contributed by atoms with Gasteiger partial charge < -0.3 is 9.64 Å². The lowest BCUT2D eigenvalue weighted by atomic mass is 10.3. The van der Waals surface area contributed by atoms with Crippen LogP contribution in [0.3, 0.4) is 0 Å². The second kappa shape index (κ2) is 3.08. The average Bonchev–Trinajstić information content (AvgIpc) is 2.85. The van der Waals surface area contributed by atoms with Crippen molar-refractivity contribution in [3.05, 3.63) is 24.3 Å². The fraction of sp³-hybridized carbons (Fsp3) is 0.333. The van der Waals surface area contributed by atoms with Gasteiger partial charge in [0.05, 0.1) is 5.69 Å². The summed E-state index contributed by atoms with van der Waals surface area (Å²) >= 11 is 0. The number of alkyl halides is 3. The monoisotopic (exact) mass is 203 g/mol. The lowest BCUT2D eigenvalue weighted by Gasteiger charge is -2.13. The van der Waals surface area contributed by atoms with Crippen LogP contribution in [0.1, 0.15) is 0 Å². The molecule has 0 spiro atoms. The summed E-state index contributed by atoms with van der Waals surface area (Å²) in [7, 11) is 0. The van der Waals surface area contributed by atoms with Gasteiger partial charge in [-0.2, -0.15) is 0 Å². The predicted octanol–water partition coefficient (Wildman–Crippen LogP) is 2.41. The number of anilines is 1. The minimum absolute atomic E-state index is 0.127. The van der Waals surface area contributed by atoms with E-state index in [0.717, 1.165) is 13.1 Å². The van der Waals surface area contributed by atoms with Gasteiger partial charge in [-0.3, -0.25) is 0 Å². The van der Waals surface area contributed by atoms with Gasteiger partial charge in [-0.15, -0.1) is 13.2 Å². The summed E-state index contributed by atoms with van der Waals surface area (Å²) in [6, 6.07) is 6.15. The van der Waals surface area contributed by atoms with Crippen molar-refractivity contribution in [3.8, 4) is 5.75 Å². The summed E-state index contributed by atoms with van der Waals surface area (Å²) in [5, 5.41) is 0. The van der Waals surface area contributed by atoms with E-state index in [1.54, 1.807) is 17.0 Å². The normalized spacial score (nSPS) is 15.5. The predicted molar refractivity (Wildman–Crippen MR) is 45.3 cm³/mol. The van der Waals surface area contributed by atoms with Gasteiger partial charge in [-0.1, -0.05) is 12.1 Å². The van der Waals surface area contributed by atoms with Gasteiger partial charge in [0.25, 0.3) is 0 Å². The first-order chi connectivity index (χ1) is 6.56. The van der Waals surface area contributed by atoms with Crippen molar-refractivity contribution in [1.82, 2.24) is 0 Å². The molecule has 1 heterocycles. The maximum Gasteiger partial charge on any atom is 0.573 e. The smallest absolute Gasteiger partial charge is 0.404 e. The molecule has 0 aliphatic carbocycles. The van der Waals surface area contributed by atoms with E-state index in [0.29, 0.717) is 5.69 Å². The summed E-state index contributed by atoms with van der Waals surface area (Å²) in [5.74, 6) is -0.127. The van der Waals surface area contributed by atoms with Crippen LogP contribution in [0.2, 0.25) is 0 Å². The molecule has 76 valence electrons. The van der Waals surface area contributed by atoms with E-state index in [1.807, 2.05) is 0 Å². The third kappa shape index (κ3) is 2.10. The van der Waals surface area contributed by atoms with Crippen LogP contribution in [0.15, 0.2) is 24.3 Å². The van der Waals surface area contributed by atoms with E-state index in [-0.39, 0.29) is 5.75 Å². The Balaban J connectivity index is 2.23. The van der Waals surface area contributed by atoms with Crippen LogP contribution in [-0.4, -0.2) is 19.5 Å². The molecule has 0 atom stereocenters. The molecule has 0 bridgehead atoms. The fourth-order valence-electron chi connectivity index (χ4n) is 1.22. The topological polar surface area (TPSA) is 12.2 Å². The van der Waals surface area contributed by atoms with E-state index in [4.69, 9.17) is 0 Å². The third-order valence-corrected chi connectivity index (χ3v) is 1.88. The Bertz CT molecular complexity index is 333. The number of benzene rings is 1. The van der Waals surface area contributed by atoms with Crippen molar-refractivity contribution in [2.75, 3.05) is 18.0 Å². The van der Waals surface area contributed by atoms with E-state index < -0.39 is 6.36 Å². The number of rotatable bonds is 2. The molecule has 0 radical (unpaired) electrons. The second-order valence-corrected chi connectivity index (χ2v) is 3.00. The van der Waals surface area contributed by atoms with Crippen molar-refractivity contribution >= 4 is 5.69 Å². The SMILES string of the molecule is FC(F)(F)Oc1ccccc1N1CC1. The number of nitrogens with zero attached hydrogens (tertiary/aromatic N) is 1. The second-order valence-electron chi connectivity index (χ2n) is 3.00. The van der Waals surface area contributed by atoms with Crippen LogP contribution in [0.5, 0.6) is 5.75 Å². The quantitative estimate of drug-likeness (QED) is 0.684. The standard InChI is InChI=1S/C9H8F3NO/c10-9(11,12)14-8-4-2-1-3-7(8)13-5-6-13/h1-4H,5-6H2. The first-order valence-electron chi connectivity index (χ1n) is 4.16. The van der Waals surface area contributed by atoms with Gasteiger partial charge >= 0.3 is 6.36 Å².